The van der Waals surface area contributed by atoms with Gasteiger partial charge in [0.15, 0.2) is 0 Å². The highest BCUT2D eigenvalue weighted by Crippen LogP contribution is 2.42. The van der Waals surface area contributed by atoms with Gasteiger partial charge in [0.2, 0.25) is 11.0 Å². The molecule has 86 valence electrons. The second-order valence-electron chi connectivity index (χ2n) is 4.73. The molecule has 0 aromatic carbocycles. The lowest BCUT2D eigenvalue weighted by atomic mass is 9.88. The van der Waals surface area contributed by atoms with Gasteiger partial charge >= 0.3 is 0 Å². The van der Waals surface area contributed by atoms with Crippen LogP contribution in [0.2, 0.25) is 0 Å². The van der Waals surface area contributed by atoms with Crippen LogP contribution < -0.4 is 5.32 Å². The minimum atomic E-state index is -0.384. The minimum absolute atomic E-state index is 0.0164. The molecule has 1 saturated heterocycles. The monoisotopic (exact) mass is 239 g/mol. The standard InChI is InChI=1S/C10H13N3O2S/c1-10(4-15-5-10)8(14)11-9-13-12-7(16-9)6-2-3-6/h6H,2-5H2,1H3,(H,11,13,14). The lowest BCUT2D eigenvalue weighted by molar-refractivity contribution is -0.151. The maximum Gasteiger partial charge on any atom is 0.236 e. The van der Waals surface area contributed by atoms with Crippen molar-refractivity contribution in [2.45, 2.75) is 25.7 Å². The fraction of sp³-hybridized carbons (Fsp3) is 0.700. The maximum absolute atomic E-state index is 11.9. The molecule has 1 aromatic heterocycles. The van der Waals surface area contributed by atoms with E-state index in [1.165, 1.54) is 24.2 Å². The maximum atomic E-state index is 11.9. The first-order valence-corrected chi connectivity index (χ1v) is 6.22. The summed E-state index contributed by atoms with van der Waals surface area (Å²) in [6.45, 7) is 2.88. The quantitative estimate of drug-likeness (QED) is 0.865. The van der Waals surface area contributed by atoms with Gasteiger partial charge in [0.05, 0.1) is 18.6 Å². The minimum Gasteiger partial charge on any atom is -0.379 e. The van der Waals surface area contributed by atoms with Crippen LogP contribution in [0.1, 0.15) is 30.7 Å². The van der Waals surface area contributed by atoms with E-state index in [9.17, 15) is 4.79 Å². The van der Waals surface area contributed by atoms with Crippen molar-refractivity contribution in [2.75, 3.05) is 18.5 Å². The zero-order valence-electron chi connectivity index (χ0n) is 9.02. The Bertz CT molecular complexity index is 423. The van der Waals surface area contributed by atoms with Crippen LogP contribution in [0.4, 0.5) is 5.13 Å². The van der Waals surface area contributed by atoms with Gasteiger partial charge in [-0.1, -0.05) is 11.3 Å². The highest BCUT2D eigenvalue weighted by Gasteiger charge is 2.41. The molecule has 0 unspecified atom stereocenters. The zero-order valence-corrected chi connectivity index (χ0v) is 9.84. The Morgan fingerprint density at radius 1 is 1.50 bits per heavy atom. The number of hydrogen-bond donors (Lipinski definition) is 1. The van der Waals surface area contributed by atoms with Crippen molar-refractivity contribution in [3.63, 3.8) is 0 Å². The molecule has 0 spiro atoms. The fourth-order valence-electron chi connectivity index (χ4n) is 1.57. The molecule has 0 atom stereocenters. The molecule has 1 amide bonds. The van der Waals surface area contributed by atoms with Crippen LogP contribution >= 0.6 is 11.3 Å². The van der Waals surface area contributed by atoms with Crippen molar-refractivity contribution in [3.8, 4) is 0 Å². The summed E-state index contributed by atoms with van der Waals surface area (Å²) >= 11 is 1.49. The normalized spacial score (nSPS) is 22.6. The van der Waals surface area contributed by atoms with Crippen LogP contribution in [0.15, 0.2) is 0 Å². The fourth-order valence-corrected chi connectivity index (χ4v) is 2.48. The Morgan fingerprint density at radius 2 is 2.25 bits per heavy atom. The second-order valence-corrected chi connectivity index (χ2v) is 5.74. The van der Waals surface area contributed by atoms with Gasteiger partial charge in [0.25, 0.3) is 0 Å². The van der Waals surface area contributed by atoms with Gasteiger partial charge in [-0.3, -0.25) is 10.1 Å². The third-order valence-corrected chi connectivity index (χ3v) is 3.98. The van der Waals surface area contributed by atoms with Crippen LogP contribution in [0.25, 0.3) is 0 Å². The van der Waals surface area contributed by atoms with Gasteiger partial charge in [-0.15, -0.1) is 10.2 Å². The average molecular weight is 239 g/mol. The Labute approximate surface area is 97.2 Å². The molecule has 1 saturated carbocycles. The highest BCUT2D eigenvalue weighted by atomic mass is 32.1. The third-order valence-electron chi connectivity index (χ3n) is 2.98. The van der Waals surface area contributed by atoms with E-state index < -0.39 is 0 Å². The number of ether oxygens (including phenoxy) is 1. The van der Waals surface area contributed by atoms with E-state index >= 15 is 0 Å². The predicted molar refractivity (Wildman–Crippen MR) is 59.4 cm³/mol. The second kappa shape index (κ2) is 3.49. The van der Waals surface area contributed by atoms with Crippen LogP contribution in [0.3, 0.4) is 0 Å². The van der Waals surface area contributed by atoms with E-state index in [1.54, 1.807) is 0 Å². The number of carbonyl (C=O) groups is 1. The van der Waals surface area contributed by atoms with Crippen molar-refractivity contribution >= 4 is 22.4 Å². The lowest BCUT2D eigenvalue weighted by Gasteiger charge is -2.35. The summed E-state index contributed by atoms with van der Waals surface area (Å²) in [6.07, 6.45) is 2.41. The van der Waals surface area contributed by atoms with Gasteiger partial charge < -0.3 is 4.74 Å². The molecule has 2 heterocycles. The summed E-state index contributed by atoms with van der Waals surface area (Å²) in [7, 11) is 0. The third kappa shape index (κ3) is 1.72. The number of hydrogen-bond acceptors (Lipinski definition) is 5. The number of aromatic nitrogens is 2. The van der Waals surface area contributed by atoms with E-state index in [2.05, 4.69) is 15.5 Å². The molecule has 0 bridgehead atoms. The Morgan fingerprint density at radius 3 is 2.81 bits per heavy atom. The molecule has 16 heavy (non-hydrogen) atoms. The van der Waals surface area contributed by atoms with Gasteiger partial charge in [0, 0.05) is 5.92 Å². The van der Waals surface area contributed by atoms with Crippen LogP contribution in [0, 0.1) is 5.41 Å². The molecule has 1 N–H and O–H groups in total. The summed E-state index contributed by atoms with van der Waals surface area (Å²) in [5, 5.41) is 12.5. The number of carbonyl (C=O) groups excluding carboxylic acids is 1. The first-order chi connectivity index (χ1) is 7.67. The van der Waals surface area contributed by atoms with Crippen molar-refractivity contribution in [3.05, 3.63) is 5.01 Å². The molecule has 1 aliphatic heterocycles. The first kappa shape index (κ1) is 10.2. The summed E-state index contributed by atoms with van der Waals surface area (Å²) in [6, 6.07) is 0. The van der Waals surface area contributed by atoms with Gasteiger partial charge in [-0.25, -0.2) is 0 Å². The molecule has 6 heteroatoms. The Hall–Kier alpha value is -1.01. The van der Waals surface area contributed by atoms with Gasteiger partial charge in [-0.05, 0) is 19.8 Å². The van der Waals surface area contributed by atoms with E-state index in [0.29, 0.717) is 24.3 Å². The Balaban J connectivity index is 1.66. The number of nitrogens with zero attached hydrogens (tertiary/aromatic N) is 2. The van der Waals surface area contributed by atoms with Crippen LogP contribution in [-0.2, 0) is 9.53 Å². The summed E-state index contributed by atoms with van der Waals surface area (Å²) in [5.74, 6) is 0.572. The van der Waals surface area contributed by atoms with E-state index in [4.69, 9.17) is 4.74 Å². The number of nitrogens with one attached hydrogen (secondary N) is 1. The SMILES string of the molecule is CC1(C(=O)Nc2nnc(C3CC3)s2)COC1. The van der Waals surface area contributed by atoms with Gasteiger partial charge in [0.1, 0.15) is 5.01 Å². The summed E-state index contributed by atoms with van der Waals surface area (Å²) < 4.78 is 5.06. The average Bonchev–Trinajstić information content (AvgIpc) is 2.97. The highest BCUT2D eigenvalue weighted by molar-refractivity contribution is 7.15. The van der Waals surface area contributed by atoms with E-state index in [1.807, 2.05) is 6.92 Å². The van der Waals surface area contributed by atoms with Crippen molar-refractivity contribution in [1.29, 1.82) is 0 Å². The van der Waals surface area contributed by atoms with E-state index in [0.717, 1.165) is 5.01 Å². The largest absolute Gasteiger partial charge is 0.379 e. The van der Waals surface area contributed by atoms with Gasteiger partial charge in [-0.2, -0.15) is 0 Å². The summed E-state index contributed by atoms with van der Waals surface area (Å²) in [5.41, 5.74) is -0.384. The van der Waals surface area contributed by atoms with Crippen molar-refractivity contribution in [1.82, 2.24) is 10.2 Å². The molecule has 2 fully saturated rings. The molecular formula is C10H13N3O2S. The number of amides is 1. The number of anilines is 1. The Kier molecular flexibility index (Phi) is 2.22. The molecule has 1 aromatic rings. The smallest absolute Gasteiger partial charge is 0.236 e. The lowest BCUT2D eigenvalue weighted by Crippen LogP contribution is -2.49. The topological polar surface area (TPSA) is 64.1 Å². The predicted octanol–water partition coefficient (Wildman–Crippen LogP) is 1.39. The molecule has 3 rings (SSSR count). The summed E-state index contributed by atoms with van der Waals surface area (Å²) in [4.78, 5) is 11.9. The molecule has 5 nitrogen and oxygen atoms in total. The van der Waals surface area contributed by atoms with Crippen molar-refractivity contribution in [2.24, 2.45) is 5.41 Å². The molecule has 0 radical (unpaired) electrons. The van der Waals surface area contributed by atoms with Crippen molar-refractivity contribution < 1.29 is 9.53 Å². The molecule has 1 aliphatic carbocycles. The number of rotatable bonds is 3. The van der Waals surface area contributed by atoms with Crippen LogP contribution in [-0.4, -0.2) is 29.3 Å². The molecule has 2 aliphatic rings. The van der Waals surface area contributed by atoms with E-state index in [-0.39, 0.29) is 11.3 Å². The first-order valence-electron chi connectivity index (χ1n) is 5.40. The molecular weight excluding hydrogens is 226 g/mol. The zero-order chi connectivity index (χ0) is 11.2. The van der Waals surface area contributed by atoms with Crippen LogP contribution in [0.5, 0.6) is 0 Å².